The van der Waals surface area contributed by atoms with Crippen molar-refractivity contribution in [2.75, 3.05) is 0 Å². The number of hydrogen-bond acceptors (Lipinski definition) is 4. The highest BCUT2D eigenvalue weighted by molar-refractivity contribution is 5.64. The molecule has 3 aromatic rings. The molecule has 0 saturated heterocycles. The van der Waals surface area contributed by atoms with Crippen molar-refractivity contribution in [3.8, 4) is 23.5 Å². The van der Waals surface area contributed by atoms with E-state index < -0.39 is 0 Å². The van der Waals surface area contributed by atoms with E-state index in [1.165, 1.54) is 0 Å². The zero-order chi connectivity index (χ0) is 26.4. The Balaban J connectivity index is 1.25. The van der Waals surface area contributed by atoms with E-state index in [0.717, 1.165) is 46.2 Å². The molecule has 4 N–H and O–H groups in total. The first-order valence-electron chi connectivity index (χ1n) is 13.3. The summed E-state index contributed by atoms with van der Waals surface area (Å²) < 4.78 is 3.16. The summed E-state index contributed by atoms with van der Waals surface area (Å²) in [7, 11) is 0. The summed E-state index contributed by atoms with van der Waals surface area (Å²) in [6.45, 7) is 8.36. The van der Waals surface area contributed by atoms with Crippen LogP contribution in [0.3, 0.4) is 0 Å². The lowest BCUT2D eigenvalue weighted by atomic mass is 9.81. The summed E-state index contributed by atoms with van der Waals surface area (Å²) in [4.78, 5) is 0. The Morgan fingerprint density at radius 1 is 0.711 bits per heavy atom. The van der Waals surface area contributed by atoms with Crippen LogP contribution < -0.4 is 0 Å². The van der Waals surface area contributed by atoms with Crippen molar-refractivity contribution < 1.29 is 20.4 Å². The molecule has 7 rings (SSSR count). The second-order valence-electron chi connectivity index (χ2n) is 11.5. The SMILES string of the molecule is C=CCC12C=CC(C1)c1c2c(O)n(Cc2ccccc2Cn2c(O)c3c(c2O)C2(CC=C)C=CC3C2)c1O. The highest BCUT2D eigenvalue weighted by Crippen LogP contribution is 2.62. The number of benzene rings is 1. The number of allylic oxidation sites excluding steroid dienone is 6. The van der Waals surface area contributed by atoms with Crippen LogP contribution in [-0.2, 0) is 23.9 Å². The molecule has 0 radical (unpaired) electrons. The van der Waals surface area contributed by atoms with Crippen LogP contribution in [0.15, 0.2) is 73.9 Å². The average Bonchev–Trinajstić information content (AvgIpc) is 3.72. The number of aromatic hydroxyl groups is 4. The maximum Gasteiger partial charge on any atom is 0.198 e. The number of fused-ring (bicyclic) bond motifs is 10. The molecule has 2 heterocycles. The van der Waals surface area contributed by atoms with E-state index >= 15 is 0 Å². The third-order valence-electron chi connectivity index (χ3n) is 9.48. The van der Waals surface area contributed by atoms with Crippen LogP contribution in [0.4, 0.5) is 0 Å². The second-order valence-corrected chi connectivity index (χ2v) is 11.5. The summed E-state index contributed by atoms with van der Waals surface area (Å²) in [5, 5.41) is 45.1. The number of nitrogens with zero attached hydrogens (tertiary/aromatic N) is 2. The Bertz CT molecular complexity index is 1470. The lowest BCUT2D eigenvalue weighted by molar-refractivity contribution is 0.359. The van der Waals surface area contributed by atoms with Crippen LogP contribution in [-0.4, -0.2) is 29.6 Å². The van der Waals surface area contributed by atoms with Crippen molar-refractivity contribution in [3.63, 3.8) is 0 Å². The maximum atomic E-state index is 11.3. The van der Waals surface area contributed by atoms with Gasteiger partial charge in [-0.05, 0) is 36.8 Å². The fourth-order valence-corrected chi connectivity index (χ4v) is 7.86. The monoisotopic (exact) mass is 508 g/mol. The van der Waals surface area contributed by atoms with Crippen molar-refractivity contribution in [3.05, 3.63) is 107 Å². The first-order chi connectivity index (χ1) is 18.3. The predicted octanol–water partition coefficient (Wildman–Crippen LogP) is 5.95. The molecular formula is C32H32N2O4. The van der Waals surface area contributed by atoms with Crippen LogP contribution in [0.1, 0.15) is 70.9 Å². The Morgan fingerprint density at radius 3 is 1.53 bits per heavy atom. The van der Waals surface area contributed by atoms with Gasteiger partial charge in [-0.25, -0.2) is 0 Å². The van der Waals surface area contributed by atoms with Crippen molar-refractivity contribution in [1.29, 1.82) is 0 Å². The van der Waals surface area contributed by atoms with E-state index in [9.17, 15) is 20.4 Å². The van der Waals surface area contributed by atoms with E-state index in [1.807, 2.05) is 36.4 Å². The smallest absolute Gasteiger partial charge is 0.198 e. The fraction of sp³-hybridized carbons (Fsp3) is 0.312. The first kappa shape index (κ1) is 23.1. The first-order valence-corrected chi connectivity index (χ1v) is 13.3. The van der Waals surface area contributed by atoms with Gasteiger partial charge in [0, 0.05) is 44.9 Å². The van der Waals surface area contributed by atoms with Crippen molar-refractivity contribution in [2.45, 2.75) is 61.4 Å². The Hall–Kier alpha value is -4.06. The average molecular weight is 509 g/mol. The summed E-state index contributed by atoms with van der Waals surface area (Å²) in [6, 6.07) is 7.77. The predicted molar refractivity (Wildman–Crippen MR) is 146 cm³/mol. The summed E-state index contributed by atoms with van der Waals surface area (Å²) in [5.41, 5.74) is 4.41. The van der Waals surface area contributed by atoms with Gasteiger partial charge >= 0.3 is 0 Å². The molecule has 0 fully saturated rings. The molecule has 2 aromatic heterocycles. The number of aromatic nitrogens is 2. The van der Waals surface area contributed by atoms with Gasteiger partial charge in [0.2, 0.25) is 0 Å². The molecule has 4 atom stereocenters. The molecule has 38 heavy (non-hydrogen) atoms. The van der Waals surface area contributed by atoms with E-state index in [2.05, 4.69) is 37.5 Å². The van der Waals surface area contributed by atoms with Crippen LogP contribution in [0.25, 0.3) is 0 Å². The van der Waals surface area contributed by atoms with Gasteiger partial charge < -0.3 is 20.4 Å². The van der Waals surface area contributed by atoms with Gasteiger partial charge in [-0.1, -0.05) is 60.7 Å². The Morgan fingerprint density at radius 2 is 1.13 bits per heavy atom. The molecule has 4 aliphatic rings. The topological polar surface area (TPSA) is 90.8 Å². The molecule has 0 aliphatic heterocycles. The highest BCUT2D eigenvalue weighted by atomic mass is 16.3. The van der Waals surface area contributed by atoms with Crippen LogP contribution >= 0.6 is 0 Å². The molecule has 194 valence electrons. The van der Waals surface area contributed by atoms with Gasteiger partial charge in [0.05, 0.1) is 13.1 Å². The molecule has 1 aromatic carbocycles. The zero-order valence-corrected chi connectivity index (χ0v) is 21.3. The van der Waals surface area contributed by atoms with Crippen molar-refractivity contribution >= 4 is 0 Å². The van der Waals surface area contributed by atoms with Crippen LogP contribution in [0.2, 0.25) is 0 Å². The van der Waals surface area contributed by atoms with Gasteiger partial charge in [-0.2, -0.15) is 0 Å². The molecular weight excluding hydrogens is 476 g/mol. The molecule has 0 saturated carbocycles. The van der Waals surface area contributed by atoms with Gasteiger partial charge in [-0.15, -0.1) is 13.2 Å². The lowest BCUT2D eigenvalue weighted by Crippen LogP contribution is -2.17. The number of rotatable bonds is 8. The summed E-state index contributed by atoms with van der Waals surface area (Å²) >= 11 is 0. The quantitative estimate of drug-likeness (QED) is 0.283. The second kappa shape index (κ2) is 7.73. The molecule has 6 heteroatoms. The lowest BCUT2D eigenvalue weighted by Gasteiger charge is -2.23. The van der Waals surface area contributed by atoms with E-state index in [1.54, 1.807) is 9.13 Å². The summed E-state index contributed by atoms with van der Waals surface area (Å²) in [5.74, 6) is 0.589. The van der Waals surface area contributed by atoms with Crippen molar-refractivity contribution in [2.24, 2.45) is 0 Å². The van der Waals surface area contributed by atoms with E-state index in [0.29, 0.717) is 12.8 Å². The molecule has 6 nitrogen and oxygen atoms in total. The molecule has 0 amide bonds. The maximum absolute atomic E-state index is 11.3. The molecule has 4 unspecified atom stereocenters. The summed E-state index contributed by atoms with van der Waals surface area (Å²) in [6.07, 6.45) is 15.4. The molecule has 0 spiro atoms. The van der Waals surface area contributed by atoms with Gasteiger partial charge in [0.1, 0.15) is 0 Å². The zero-order valence-electron chi connectivity index (χ0n) is 21.3. The molecule has 4 bridgehead atoms. The highest BCUT2D eigenvalue weighted by Gasteiger charge is 2.51. The third kappa shape index (κ3) is 2.78. The minimum absolute atomic E-state index is 0.0929. The Kier molecular flexibility index (Phi) is 4.70. The normalized spacial score (nSPS) is 27.3. The van der Waals surface area contributed by atoms with E-state index in [4.69, 9.17) is 0 Å². The van der Waals surface area contributed by atoms with Gasteiger partial charge in [0.15, 0.2) is 23.5 Å². The van der Waals surface area contributed by atoms with E-state index in [-0.39, 0.29) is 59.3 Å². The minimum Gasteiger partial charge on any atom is -0.494 e. The van der Waals surface area contributed by atoms with Gasteiger partial charge in [0.25, 0.3) is 0 Å². The standard InChI is InChI=1S/C32H32N2O4/c1-3-11-31-13-9-19(15-31)23-25(31)29(37)33(27(23)35)17-21-7-5-6-8-22(21)18-34-28(36)24-20-10-14-32(16-20,12-4-2)26(24)30(34)38/h3-10,13-14,19-20,35-38H,1-2,11-12,15-18H2. The molecule has 4 aliphatic carbocycles. The van der Waals surface area contributed by atoms with Crippen LogP contribution in [0, 0.1) is 0 Å². The largest absolute Gasteiger partial charge is 0.494 e. The third-order valence-corrected chi connectivity index (χ3v) is 9.48. The van der Waals surface area contributed by atoms with Crippen molar-refractivity contribution in [1.82, 2.24) is 9.13 Å². The van der Waals surface area contributed by atoms with Crippen LogP contribution in [0.5, 0.6) is 23.5 Å². The van der Waals surface area contributed by atoms with Gasteiger partial charge in [-0.3, -0.25) is 9.13 Å². The fourth-order valence-electron chi connectivity index (χ4n) is 7.86. The Labute approximate surface area is 221 Å². The number of hydrogen-bond donors (Lipinski definition) is 4. The minimum atomic E-state index is -0.313.